The zero-order valence-electron chi connectivity index (χ0n) is 12.4. The summed E-state index contributed by atoms with van der Waals surface area (Å²) in [6.07, 6.45) is 3.36. The summed E-state index contributed by atoms with van der Waals surface area (Å²) in [6.45, 7) is 7.52. The Bertz CT molecular complexity index is 240. The van der Waals surface area contributed by atoms with Gasteiger partial charge in [0.1, 0.15) is 0 Å². The fourth-order valence-corrected chi connectivity index (χ4v) is 1.64. The summed E-state index contributed by atoms with van der Waals surface area (Å²) in [5.74, 6) is 0. The van der Waals surface area contributed by atoms with Crippen LogP contribution in [0.2, 0.25) is 0 Å². The Kier molecular flexibility index (Phi) is 16.8. The molecule has 0 fully saturated rings. The molecular formula is C14H28N6. The number of hydrogen-bond donors (Lipinski definition) is 4. The van der Waals surface area contributed by atoms with Crippen LogP contribution in [0.1, 0.15) is 25.7 Å². The van der Waals surface area contributed by atoms with Crippen molar-refractivity contribution in [2.24, 2.45) is 0 Å². The highest BCUT2D eigenvalue weighted by Gasteiger charge is 1.91. The largest absolute Gasteiger partial charge is 0.316 e. The normalized spacial score (nSPS) is 10.1. The summed E-state index contributed by atoms with van der Waals surface area (Å²) < 4.78 is 0. The SMILES string of the molecule is N#CCCNCCCNCCNCCCNCCC#N. The van der Waals surface area contributed by atoms with Gasteiger partial charge in [0.05, 0.1) is 12.1 Å². The summed E-state index contributed by atoms with van der Waals surface area (Å²) in [5, 5.41) is 29.9. The van der Waals surface area contributed by atoms with Crippen molar-refractivity contribution in [2.45, 2.75) is 25.7 Å². The topological polar surface area (TPSA) is 95.7 Å². The van der Waals surface area contributed by atoms with E-state index < -0.39 is 0 Å². The zero-order valence-corrected chi connectivity index (χ0v) is 12.4. The Labute approximate surface area is 122 Å². The molecule has 0 aliphatic carbocycles. The molecule has 0 amide bonds. The first-order valence-corrected chi connectivity index (χ1v) is 7.48. The minimum atomic E-state index is 0.586. The number of nitriles is 2. The fraction of sp³-hybridized carbons (Fsp3) is 0.857. The second-order valence-electron chi connectivity index (χ2n) is 4.52. The third-order valence-electron chi connectivity index (χ3n) is 2.72. The number of rotatable bonds is 15. The summed E-state index contributed by atoms with van der Waals surface area (Å²) in [6, 6.07) is 4.22. The van der Waals surface area contributed by atoms with Crippen molar-refractivity contribution in [3.05, 3.63) is 0 Å². The molecular weight excluding hydrogens is 252 g/mol. The summed E-state index contributed by atoms with van der Waals surface area (Å²) >= 11 is 0. The number of nitrogens with one attached hydrogen (secondary N) is 4. The number of nitrogens with zero attached hydrogens (tertiary/aromatic N) is 2. The van der Waals surface area contributed by atoms with Gasteiger partial charge in [-0.15, -0.1) is 0 Å². The van der Waals surface area contributed by atoms with Gasteiger partial charge in [-0.2, -0.15) is 10.5 Å². The van der Waals surface area contributed by atoms with E-state index in [-0.39, 0.29) is 0 Å². The highest BCUT2D eigenvalue weighted by molar-refractivity contribution is 4.70. The molecule has 0 spiro atoms. The van der Waals surface area contributed by atoms with Gasteiger partial charge in [-0.3, -0.25) is 0 Å². The van der Waals surface area contributed by atoms with Crippen molar-refractivity contribution in [1.82, 2.24) is 21.3 Å². The van der Waals surface area contributed by atoms with Gasteiger partial charge in [-0.25, -0.2) is 0 Å². The molecule has 4 N–H and O–H groups in total. The van der Waals surface area contributed by atoms with Gasteiger partial charge in [-0.1, -0.05) is 0 Å². The summed E-state index contributed by atoms with van der Waals surface area (Å²) in [4.78, 5) is 0. The molecule has 0 bridgehead atoms. The summed E-state index contributed by atoms with van der Waals surface area (Å²) in [5.41, 5.74) is 0. The molecule has 0 saturated heterocycles. The highest BCUT2D eigenvalue weighted by Crippen LogP contribution is 1.77. The lowest BCUT2D eigenvalue weighted by Gasteiger charge is -2.07. The Hall–Kier alpha value is -1.18. The lowest BCUT2D eigenvalue weighted by atomic mass is 10.3. The minimum Gasteiger partial charge on any atom is -0.316 e. The maximum absolute atomic E-state index is 8.36. The van der Waals surface area contributed by atoms with Gasteiger partial charge in [0, 0.05) is 39.0 Å². The second-order valence-corrected chi connectivity index (χ2v) is 4.52. The molecule has 0 aromatic heterocycles. The van der Waals surface area contributed by atoms with Crippen LogP contribution in [0.3, 0.4) is 0 Å². The van der Waals surface area contributed by atoms with E-state index in [1.54, 1.807) is 0 Å². The van der Waals surface area contributed by atoms with E-state index in [9.17, 15) is 0 Å². The molecule has 114 valence electrons. The Balaban J connectivity index is 2.93. The maximum Gasteiger partial charge on any atom is 0.0635 e. The van der Waals surface area contributed by atoms with Gasteiger partial charge < -0.3 is 21.3 Å². The molecule has 0 rings (SSSR count). The first-order chi connectivity index (χ1) is 9.91. The Morgan fingerprint density at radius 1 is 0.500 bits per heavy atom. The third kappa shape index (κ3) is 16.8. The fourth-order valence-electron chi connectivity index (χ4n) is 1.64. The Morgan fingerprint density at radius 2 is 0.850 bits per heavy atom. The Morgan fingerprint density at radius 3 is 1.20 bits per heavy atom. The van der Waals surface area contributed by atoms with Crippen LogP contribution in [0, 0.1) is 22.7 Å². The van der Waals surface area contributed by atoms with E-state index in [1.807, 2.05) is 0 Å². The predicted octanol–water partition coefficient (Wildman–Crippen LogP) is -0.0476. The predicted molar refractivity (Wildman–Crippen MR) is 81.2 cm³/mol. The minimum absolute atomic E-state index is 0.586. The maximum atomic E-state index is 8.36. The second kappa shape index (κ2) is 17.8. The molecule has 0 atom stereocenters. The molecule has 20 heavy (non-hydrogen) atoms. The molecule has 0 unspecified atom stereocenters. The van der Waals surface area contributed by atoms with E-state index in [0.29, 0.717) is 12.8 Å². The lowest BCUT2D eigenvalue weighted by molar-refractivity contribution is 0.558. The molecule has 6 heteroatoms. The van der Waals surface area contributed by atoms with Crippen molar-refractivity contribution >= 4 is 0 Å². The van der Waals surface area contributed by atoms with Crippen LogP contribution >= 0.6 is 0 Å². The van der Waals surface area contributed by atoms with Crippen LogP contribution < -0.4 is 21.3 Å². The molecule has 0 aromatic carbocycles. The molecule has 0 aliphatic rings. The van der Waals surface area contributed by atoms with E-state index in [1.165, 1.54) is 0 Å². The lowest BCUT2D eigenvalue weighted by Crippen LogP contribution is -2.31. The van der Waals surface area contributed by atoms with Crippen LogP contribution in [0.15, 0.2) is 0 Å². The van der Waals surface area contributed by atoms with Crippen LogP contribution in [-0.4, -0.2) is 52.4 Å². The van der Waals surface area contributed by atoms with Crippen LogP contribution in [0.25, 0.3) is 0 Å². The van der Waals surface area contributed by atoms with Gasteiger partial charge >= 0.3 is 0 Å². The van der Waals surface area contributed by atoms with Crippen molar-refractivity contribution in [3.8, 4) is 12.1 Å². The van der Waals surface area contributed by atoms with Gasteiger partial charge in [0.25, 0.3) is 0 Å². The molecule has 0 saturated carbocycles. The average Bonchev–Trinajstić information content (AvgIpc) is 2.47. The summed E-state index contributed by atoms with van der Waals surface area (Å²) in [7, 11) is 0. The molecule has 0 aliphatic heterocycles. The van der Waals surface area contributed by atoms with Crippen LogP contribution in [0.4, 0.5) is 0 Å². The molecule has 6 nitrogen and oxygen atoms in total. The van der Waals surface area contributed by atoms with Gasteiger partial charge in [-0.05, 0) is 39.0 Å². The quantitative estimate of drug-likeness (QED) is 0.314. The van der Waals surface area contributed by atoms with E-state index in [4.69, 9.17) is 10.5 Å². The standard InChI is InChI=1S/C14H28N6/c15-5-1-7-17-9-3-11-19-13-14-20-12-4-10-18-8-2-6-16/h17-20H,1-4,7-14H2. The molecule has 0 aromatic rings. The third-order valence-corrected chi connectivity index (χ3v) is 2.72. The molecule has 0 heterocycles. The smallest absolute Gasteiger partial charge is 0.0635 e. The van der Waals surface area contributed by atoms with Crippen molar-refractivity contribution in [2.75, 3.05) is 52.4 Å². The van der Waals surface area contributed by atoms with Crippen molar-refractivity contribution in [3.63, 3.8) is 0 Å². The zero-order chi connectivity index (χ0) is 14.7. The average molecular weight is 280 g/mol. The van der Waals surface area contributed by atoms with Gasteiger partial charge in [0.15, 0.2) is 0 Å². The van der Waals surface area contributed by atoms with E-state index in [0.717, 1.165) is 65.2 Å². The molecule has 0 radical (unpaired) electrons. The van der Waals surface area contributed by atoms with Crippen molar-refractivity contribution in [1.29, 1.82) is 10.5 Å². The van der Waals surface area contributed by atoms with Gasteiger partial charge in [0.2, 0.25) is 0 Å². The van der Waals surface area contributed by atoms with E-state index in [2.05, 4.69) is 33.4 Å². The first-order valence-electron chi connectivity index (χ1n) is 7.48. The van der Waals surface area contributed by atoms with Crippen molar-refractivity contribution < 1.29 is 0 Å². The van der Waals surface area contributed by atoms with E-state index >= 15 is 0 Å². The monoisotopic (exact) mass is 280 g/mol. The number of hydrogen-bond acceptors (Lipinski definition) is 6. The van der Waals surface area contributed by atoms with Crippen LogP contribution in [-0.2, 0) is 0 Å². The highest BCUT2D eigenvalue weighted by atomic mass is 14.9. The first kappa shape index (κ1) is 18.8. The van der Waals surface area contributed by atoms with Crippen LogP contribution in [0.5, 0.6) is 0 Å².